The molecule has 158 valence electrons. The van der Waals surface area contributed by atoms with Gasteiger partial charge in [-0.25, -0.2) is 4.39 Å². The number of benzene rings is 2. The molecule has 0 N–H and O–H groups in total. The van der Waals surface area contributed by atoms with E-state index in [9.17, 15) is 4.39 Å². The lowest BCUT2D eigenvalue weighted by molar-refractivity contribution is 0.375. The fourth-order valence-corrected chi connectivity index (χ4v) is 3.58. The molecule has 2 aromatic carbocycles. The zero-order chi connectivity index (χ0) is 21.7. The summed E-state index contributed by atoms with van der Waals surface area (Å²) in [6.45, 7) is 10.7. The van der Waals surface area contributed by atoms with Crippen LogP contribution in [0.4, 0.5) is 10.1 Å². The number of halogens is 2. The number of allylic oxidation sites excluding steroid dienone is 1. The molecule has 1 aliphatic heterocycles. The van der Waals surface area contributed by atoms with Crippen LogP contribution >= 0.6 is 11.6 Å². The second-order valence-corrected chi connectivity index (χ2v) is 9.44. The first kappa shape index (κ1) is 22.3. The number of anilines is 1. The maximum atomic E-state index is 14.7. The van der Waals surface area contributed by atoms with Gasteiger partial charge in [-0.05, 0) is 72.9 Å². The highest BCUT2D eigenvalue weighted by molar-refractivity contribution is 6.30. The molecule has 0 amide bonds. The van der Waals surface area contributed by atoms with Crippen molar-refractivity contribution in [3.05, 3.63) is 89.1 Å². The van der Waals surface area contributed by atoms with Crippen molar-refractivity contribution in [1.29, 1.82) is 0 Å². The predicted octanol–water partition coefficient (Wildman–Crippen LogP) is 7.73. The van der Waals surface area contributed by atoms with Crippen LogP contribution in [-0.2, 0) is 12.8 Å². The summed E-state index contributed by atoms with van der Waals surface area (Å²) in [5.41, 5.74) is 4.71. The predicted molar refractivity (Wildman–Crippen MR) is 127 cm³/mol. The molecule has 2 aromatic rings. The molecular weight excluding hydrogens is 395 g/mol. The van der Waals surface area contributed by atoms with Crippen molar-refractivity contribution < 1.29 is 4.39 Å². The summed E-state index contributed by atoms with van der Waals surface area (Å²) >= 11 is 5.95. The second-order valence-electron chi connectivity index (χ2n) is 9.01. The molecule has 0 bridgehead atoms. The molecule has 3 rings (SSSR count). The number of hydrogen-bond acceptors (Lipinski definition) is 2. The van der Waals surface area contributed by atoms with Crippen LogP contribution in [0.15, 0.2) is 72.1 Å². The van der Waals surface area contributed by atoms with E-state index < -0.39 is 0 Å². The van der Waals surface area contributed by atoms with Gasteiger partial charge in [0.05, 0.1) is 11.4 Å². The van der Waals surface area contributed by atoms with Gasteiger partial charge in [-0.2, -0.15) is 0 Å². The number of aliphatic imine (C=N–C) groups is 1. The standard InChI is InChI=1S/C26H30ClFN2/c1-19-25(7-5-6-20-8-11-22(27)12-9-20)29-16-17-30(19)23-13-10-21(24(28)18-23)14-15-26(2,3)4/h8-13,16-18H,1,5-7,14-15H2,2-4H3. The third kappa shape index (κ3) is 6.06. The van der Waals surface area contributed by atoms with Crippen LogP contribution in [-0.4, -0.2) is 5.71 Å². The third-order valence-electron chi connectivity index (χ3n) is 5.32. The Kier molecular flexibility index (Phi) is 7.14. The van der Waals surface area contributed by atoms with Gasteiger partial charge in [0, 0.05) is 23.1 Å². The summed E-state index contributed by atoms with van der Waals surface area (Å²) in [4.78, 5) is 6.43. The van der Waals surface area contributed by atoms with Crippen molar-refractivity contribution in [2.24, 2.45) is 10.4 Å². The smallest absolute Gasteiger partial charge is 0.128 e. The Morgan fingerprint density at radius 1 is 1.03 bits per heavy atom. The van der Waals surface area contributed by atoms with Crippen molar-refractivity contribution in [3.8, 4) is 0 Å². The largest absolute Gasteiger partial charge is 0.314 e. The minimum Gasteiger partial charge on any atom is -0.314 e. The van der Waals surface area contributed by atoms with Gasteiger partial charge in [-0.15, -0.1) is 0 Å². The fourth-order valence-electron chi connectivity index (χ4n) is 3.45. The van der Waals surface area contributed by atoms with Crippen LogP contribution in [0, 0.1) is 11.2 Å². The van der Waals surface area contributed by atoms with Crippen molar-refractivity contribution in [2.75, 3.05) is 4.90 Å². The molecule has 0 spiro atoms. The first-order valence-corrected chi connectivity index (χ1v) is 10.9. The molecule has 0 radical (unpaired) electrons. The van der Waals surface area contributed by atoms with Crippen LogP contribution in [0.5, 0.6) is 0 Å². The van der Waals surface area contributed by atoms with Gasteiger partial charge in [0.25, 0.3) is 0 Å². The molecule has 1 heterocycles. The van der Waals surface area contributed by atoms with Gasteiger partial charge in [0.15, 0.2) is 0 Å². The van der Waals surface area contributed by atoms with Crippen molar-refractivity contribution in [1.82, 2.24) is 0 Å². The molecule has 4 heteroatoms. The van der Waals surface area contributed by atoms with Gasteiger partial charge >= 0.3 is 0 Å². The minimum absolute atomic E-state index is 0.162. The average Bonchev–Trinajstić information content (AvgIpc) is 2.69. The summed E-state index contributed by atoms with van der Waals surface area (Å²) < 4.78 is 14.7. The van der Waals surface area contributed by atoms with Crippen LogP contribution in [0.25, 0.3) is 0 Å². The van der Waals surface area contributed by atoms with Gasteiger partial charge in [-0.1, -0.05) is 57.2 Å². The lowest BCUT2D eigenvalue weighted by atomic mass is 9.88. The average molecular weight is 425 g/mol. The van der Waals surface area contributed by atoms with Crippen molar-refractivity contribution >= 4 is 23.0 Å². The third-order valence-corrected chi connectivity index (χ3v) is 5.57. The summed E-state index contributed by atoms with van der Waals surface area (Å²) in [5, 5.41) is 0.751. The summed E-state index contributed by atoms with van der Waals surface area (Å²) in [7, 11) is 0. The van der Waals surface area contributed by atoms with E-state index in [2.05, 4.69) is 44.5 Å². The normalized spacial score (nSPS) is 14.2. The Hall–Kier alpha value is -2.39. The van der Waals surface area contributed by atoms with E-state index in [1.165, 1.54) is 5.56 Å². The Bertz CT molecular complexity index is 952. The molecule has 0 aliphatic carbocycles. The van der Waals surface area contributed by atoms with E-state index in [1.54, 1.807) is 12.3 Å². The molecule has 0 saturated carbocycles. The summed E-state index contributed by atoms with van der Waals surface area (Å²) in [6, 6.07) is 13.4. The highest BCUT2D eigenvalue weighted by atomic mass is 35.5. The Morgan fingerprint density at radius 3 is 2.43 bits per heavy atom. The molecule has 2 nitrogen and oxygen atoms in total. The highest BCUT2D eigenvalue weighted by Crippen LogP contribution is 2.28. The molecule has 0 saturated heterocycles. The van der Waals surface area contributed by atoms with Crippen LogP contribution in [0.1, 0.15) is 51.2 Å². The number of rotatable bonds is 7. The van der Waals surface area contributed by atoms with Crippen molar-refractivity contribution in [2.45, 2.75) is 52.9 Å². The quantitative estimate of drug-likeness (QED) is 0.444. The van der Waals surface area contributed by atoms with Gasteiger partial charge in [0.2, 0.25) is 0 Å². The first-order chi connectivity index (χ1) is 14.2. The highest BCUT2D eigenvalue weighted by Gasteiger charge is 2.18. The van der Waals surface area contributed by atoms with Gasteiger partial charge in [0.1, 0.15) is 5.82 Å². The molecule has 30 heavy (non-hydrogen) atoms. The molecule has 0 atom stereocenters. The first-order valence-electron chi connectivity index (χ1n) is 10.5. The Balaban J connectivity index is 1.61. The SMILES string of the molecule is C=C1C(CCCc2ccc(Cl)cc2)=NC=CN1c1ccc(CCC(C)(C)C)c(F)c1. The van der Waals surface area contributed by atoms with Gasteiger partial charge in [-0.3, -0.25) is 4.99 Å². The van der Waals surface area contributed by atoms with E-state index >= 15 is 0 Å². The Morgan fingerprint density at radius 2 is 1.77 bits per heavy atom. The lowest BCUT2D eigenvalue weighted by Crippen LogP contribution is -2.24. The molecular formula is C26H30ClFN2. The zero-order valence-electron chi connectivity index (χ0n) is 18.1. The molecule has 1 aliphatic rings. The molecule has 0 fully saturated rings. The molecule has 0 unspecified atom stereocenters. The van der Waals surface area contributed by atoms with E-state index in [-0.39, 0.29) is 11.2 Å². The monoisotopic (exact) mass is 424 g/mol. The summed E-state index contributed by atoms with van der Waals surface area (Å²) in [6.07, 6.45) is 8.01. The summed E-state index contributed by atoms with van der Waals surface area (Å²) in [5.74, 6) is -0.162. The van der Waals surface area contributed by atoms with E-state index in [1.807, 2.05) is 35.4 Å². The maximum absolute atomic E-state index is 14.7. The van der Waals surface area contributed by atoms with E-state index in [4.69, 9.17) is 11.6 Å². The lowest BCUT2D eigenvalue weighted by Gasteiger charge is -2.27. The molecule has 0 aromatic heterocycles. The minimum atomic E-state index is -0.162. The second kappa shape index (κ2) is 9.61. The number of aryl methyl sites for hydroxylation is 2. The topological polar surface area (TPSA) is 15.6 Å². The zero-order valence-corrected chi connectivity index (χ0v) is 18.8. The van der Waals surface area contributed by atoms with E-state index in [0.29, 0.717) is 0 Å². The van der Waals surface area contributed by atoms with Crippen molar-refractivity contribution in [3.63, 3.8) is 0 Å². The fraction of sp³-hybridized carbons (Fsp3) is 0.346. The Labute approximate surface area is 184 Å². The van der Waals surface area contributed by atoms with Crippen LogP contribution in [0.2, 0.25) is 5.02 Å². The number of nitrogens with zero attached hydrogens (tertiary/aromatic N) is 2. The van der Waals surface area contributed by atoms with Crippen LogP contribution < -0.4 is 4.90 Å². The van der Waals surface area contributed by atoms with Gasteiger partial charge < -0.3 is 4.90 Å². The van der Waals surface area contributed by atoms with E-state index in [0.717, 1.165) is 59.8 Å². The van der Waals surface area contributed by atoms with Crippen LogP contribution in [0.3, 0.4) is 0 Å². The maximum Gasteiger partial charge on any atom is 0.128 e. The number of hydrogen-bond donors (Lipinski definition) is 0.